The van der Waals surface area contributed by atoms with Crippen LogP contribution < -0.4 is 4.90 Å². The van der Waals surface area contributed by atoms with Gasteiger partial charge in [-0.1, -0.05) is 28.1 Å². The van der Waals surface area contributed by atoms with E-state index in [-0.39, 0.29) is 38.0 Å². The number of hydrogen-bond acceptors (Lipinski definition) is 2. The lowest BCUT2D eigenvalue weighted by Crippen LogP contribution is -2.53. The predicted octanol–water partition coefficient (Wildman–Crippen LogP) is 5.00. The van der Waals surface area contributed by atoms with Crippen molar-refractivity contribution in [1.82, 2.24) is 4.90 Å². The number of rotatable bonds is 5. The van der Waals surface area contributed by atoms with Crippen LogP contribution in [0.1, 0.15) is 17.5 Å². The number of carboxylic acids is 1. The average molecular weight is 471 g/mol. The predicted molar refractivity (Wildman–Crippen MR) is 104 cm³/mol. The maximum absolute atomic E-state index is 13.0. The normalized spacial score (nSPS) is 17.5. The van der Waals surface area contributed by atoms with Crippen LogP contribution in [0.5, 0.6) is 0 Å². The highest BCUT2D eigenvalue weighted by atomic mass is 79.9. The number of urea groups is 1. The largest absolute Gasteiger partial charge is 0.481 e. The molecule has 0 aliphatic carbocycles. The molecule has 1 heterocycles. The Morgan fingerprint density at radius 1 is 1.14 bits per heavy atom. The zero-order valence-electron chi connectivity index (χ0n) is 15.2. The third-order valence-corrected chi connectivity index (χ3v) is 5.18. The second-order valence-corrected chi connectivity index (χ2v) is 7.83. The molecule has 1 saturated heterocycles. The number of halogens is 4. The first-order valence-corrected chi connectivity index (χ1v) is 9.62. The number of nitrogens with zero attached hydrogens (tertiary/aromatic N) is 2. The summed E-state index contributed by atoms with van der Waals surface area (Å²) in [5.74, 6) is -1.33. The van der Waals surface area contributed by atoms with Crippen LogP contribution in [0.3, 0.4) is 0 Å². The van der Waals surface area contributed by atoms with Crippen LogP contribution in [-0.2, 0) is 17.5 Å². The Kier molecular flexibility index (Phi) is 6.16. The Labute approximate surface area is 173 Å². The highest BCUT2D eigenvalue weighted by Gasteiger charge is 2.34. The fraction of sp³-hybridized carbons (Fsp3) is 0.300. The molecule has 0 radical (unpaired) electrons. The highest BCUT2D eigenvalue weighted by molar-refractivity contribution is 9.10. The maximum Gasteiger partial charge on any atom is 0.416 e. The molecule has 0 bridgehead atoms. The smallest absolute Gasteiger partial charge is 0.416 e. The summed E-state index contributed by atoms with van der Waals surface area (Å²) in [7, 11) is 0. The topological polar surface area (TPSA) is 60.9 Å². The molecule has 154 valence electrons. The lowest BCUT2D eigenvalue weighted by molar-refractivity contribution is -0.139. The summed E-state index contributed by atoms with van der Waals surface area (Å²) in [6.45, 7) is 0.353. The molecular weight excluding hydrogens is 453 g/mol. The van der Waals surface area contributed by atoms with E-state index in [2.05, 4.69) is 15.9 Å². The summed E-state index contributed by atoms with van der Waals surface area (Å²) < 4.78 is 39.8. The van der Waals surface area contributed by atoms with E-state index in [0.29, 0.717) is 11.3 Å². The number of carbonyl (C=O) groups is 2. The second-order valence-electron chi connectivity index (χ2n) is 6.91. The summed E-state index contributed by atoms with van der Waals surface area (Å²) in [6.07, 6.45) is -4.61. The number of carboxylic acid groups (broad SMARTS) is 1. The summed E-state index contributed by atoms with van der Waals surface area (Å²) >= 11 is 3.32. The fourth-order valence-electron chi connectivity index (χ4n) is 3.37. The molecule has 2 aromatic carbocycles. The Hall–Kier alpha value is -2.55. The van der Waals surface area contributed by atoms with Gasteiger partial charge in [0.2, 0.25) is 0 Å². The number of benzene rings is 2. The van der Waals surface area contributed by atoms with Crippen LogP contribution in [0.25, 0.3) is 0 Å². The molecular formula is C20H18BrF3N2O3. The number of hydrogen-bond donors (Lipinski definition) is 1. The number of anilines is 1. The van der Waals surface area contributed by atoms with Crippen LogP contribution in [-0.4, -0.2) is 35.1 Å². The molecule has 1 atom stereocenters. The molecule has 0 saturated carbocycles. The van der Waals surface area contributed by atoms with Gasteiger partial charge in [0.25, 0.3) is 0 Å². The van der Waals surface area contributed by atoms with Gasteiger partial charge in [0.05, 0.1) is 12.0 Å². The summed E-state index contributed by atoms with van der Waals surface area (Å²) in [6, 6.07) is 11.4. The molecule has 0 aromatic heterocycles. The van der Waals surface area contributed by atoms with Crippen molar-refractivity contribution in [3.05, 3.63) is 64.1 Å². The molecule has 1 fully saturated rings. The molecule has 2 amide bonds. The van der Waals surface area contributed by atoms with Gasteiger partial charge in [0.1, 0.15) is 0 Å². The van der Waals surface area contributed by atoms with Crippen molar-refractivity contribution in [2.75, 3.05) is 18.0 Å². The number of carbonyl (C=O) groups excluding carboxylic acids is 1. The molecule has 9 heteroatoms. The summed E-state index contributed by atoms with van der Waals surface area (Å²) in [4.78, 5) is 27.1. The van der Waals surface area contributed by atoms with E-state index in [1.165, 1.54) is 21.9 Å². The van der Waals surface area contributed by atoms with Gasteiger partial charge in [-0.05, 0) is 42.0 Å². The van der Waals surface area contributed by atoms with Crippen molar-refractivity contribution >= 4 is 33.6 Å². The molecule has 1 unspecified atom stereocenters. The van der Waals surface area contributed by atoms with Crippen LogP contribution in [0.15, 0.2) is 53.0 Å². The quantitative estimate of drug-likeness (QED) is 0.668. The van der Waals surface area contributed by atoms with Crippen molar-refractivity contribution in [3.8, 4) is 0 Å². The van der Waals surface area contributed by atoms with E-state index in [1.807, 2.05) is 0 Å². The van der Waals surface area contributed by atoms with Crippen LogP contribution >= 0.6 is 15.9 Å². The summed E-state index contributed by atoms with van der Waals surface area (Å²) in [5.41, 5.74) is 0.147. The van der Waals surface area contributed by atoms with Crippen molar-refractivity contribution in [2.45, 2.75) is 19.1 Å². The minimum atomic E-state index is -4.47. The average Bonchev–Trinajstić information content (AvgIpc) is 2.64. The lowest BCUT2D eigenvalue weighted by Gasteiger charge is -2.40. The van der Waals surface area contributed by atoms with Gasteiger partial charge in [-0.3, -0.25) is 9.69 Å². The zero-order valence-corrected chi connectivity index (χ0v) is 16.8. The third kappa shape index (κ3) is 5.29. The Morgan fingerprint density at radius 3 is 2.45 bits per heavy atom. The second kappa shape index (κ2) is 8.44. The van der Waals surface area contributed by atoms with E-state index in [0.717, 1.165) is 16.6 Å². The third-order valence-electron chi connectivity index (χ3n) is 4.65. The highest BCUT2D eigenvalue weighted by Crippen LogP contribution is 2.31. The first kappa shape index (κ1) is 21.2. The Bertz CT molecular complexity index is 903. The van der Waals surface area contributed by atoms with E-state index in [4.69, 9.17) is 0 Å². The molecule has 1 aliphatic rings. The first-order valence-electron chi connectivity index (χ1n) is 8.83. The maximum atomic E-state index is 13.0. The van der Waals surface area contributed by atoms with Gasteiger partial charge < -0.3 is 10.0 Å². The molecule has 0 spiro atoms. The molecule has 5 nitrogen and oxygen atoms in total. The van der Waals surface area contributed by atoms with Crippen LogP contribution in [0.2, 0.25) is 0 Å². The first-order chi connectivity index (χ1) is 13.6. The van der Waals surface area contributed by atoms with Crippen LogP contribution in [0, 0.1) is 5.92 Å². The van der Waals surface area contributed by atoms with E-state index in [9.17, 15) is 27.9 Å². The summed E-state index contributed by atoms with van der Waals surface area (Å²) in [5, 5.41) is 9.17. The van der Waals surface area contributed by atoms with Crippen molar-refractivity contribution < 1.29 is 27.9 Å². The van der Waals surface area contributed by atoms with Crippen molar-refractivity contribution in [2.24, 2.45) is 5.92 Å². The lowest BCUT2D eigenvalue weighted by atomic mass is 10.0. The fourth-order valence-corrected chi connectivity index (χ4v) is 3.63. The van der Waals surface area contributed by atoms with E-state index in [1.54, 1.807) is 24.3 Å². The standard InChI is InChI=1S/C20H18BrF3N2O3/c21-16-4-6-17(7-5-16)26-12-14(9-18(27)28)11-25(19(26)29)10-13-2-1-3-15(8-13)20(22,23)24/h1-8,14H,9-12H2,(H,27,28). The molecule has 3 rings (SSSR count). The molecule has 29 heavy (non-hydrogen) atoms. The van der Waals surface area contributed by atoms with Crippen LogP contribution in [0.4, 0.5) is 23.7 Å². The molecule has 1 N–H and O–H groups in total. The van der Waals surface area contributed by atoms with Gasteiger partial charge in [-0.2, -0.15) is 13.2 Å². The zero-order chi connectivity index (χ0) is 21.2. The van der Waals surface area contributed by atoms with Gasteiger partial charge in [-0.15, -0.1) is 0 Å². The van der Waals surface area contributed by atoms with E-state index < -0.39 is 17.7 Å². The van der Waals surface area contributed by atoms with Gasteiger partial charge in [0, 0.05) is 35.7 Å². The Balaban J connectivity index is 1.87. The number of amides is 2. The number of aliphatic carboxylic acids is 1. The molecule has 1 aliphatic heterocycles. The minimum absolute atomic E-state index is 0.0358. The minimum Gasteiger partial charge on any atom is -0.481 e. The van der Waals surface area contributed by atoms with Gasteiger partial charge in [-0.25, -0.2) is 4.79 Å². The van der Waals surface area contributed by atoms with Gasteiger partial charge >= 0.3 is 18.2 Å². The SMILES string of the molecule is O=C(O)CC1CN(Cc2cccc(C(F)(F)F)c2)C(=O)N(c2ccc(Br)cc2)C1. The van der Waals surface area contributed by atoms with Gasteiger partial charge in [0.15, 0.2) is 0 Å². The Morgan fingerprint density at radius 2 is 1.83 bits per heavy atom. The van der Waals surface area contributed by atoms with E-state index >= 15 is 0 Å². The van der Waals surface area contributed by atoms with Crippen molar-refractivity contribution in [3.63, 3.8) is 0 Å². The molecule has 2 aromatic rings. The monoisotopic (exact) mass is 470 g/mol. The number of alkyl halides is 3. The van der Waals surface area contributed by atoms with Crippen molar-refractivity contribution in [1.29, 1.82) is 0 Å².